The third-order valence-electron chi connectivity index (χ3n) is 10.3. The summed E-state index contributed by atoms with van der Waals surface area (Å²) in [5.41, 5.74) is 15.1. The SMILES string of the molecule is c1ccc(B2c3ccccc3N3c4ccccc4-n4c5ccc6c7ccccc7n(-c7ccccc7)c6c5c5ccc2c3c54)cc1. The molecule has 0 spiro atoms. The highest BCUT2D eigenvalue weighted by atomic mass is 15.2. The standard InChI is InChI=1S/C42H26BN3/c1-3-13-27(14-4-1)43-32-18-8-10-20-35(32)45-36-21-11-12-22-37(36)46-38-26-24-30-29-17-7-9-19-34(29)44(28-15-5-2-6-16-28)40(30)39(38)31-23-25-33(43)42(45)41(31)46/h1-26H. The van der Waals surface area contributed by atoms with E-state index in [1.165, 1.54) is 88.4 Å². The highest BCUT2D eigenvalue weighted by molar-refractivity contribution is 6.98. The van der Waals surface area contributed by atoms with Crippen LogP contribution in [0.15, 0.2) is 158 Å². The number of para-hydroxylation sites is 5. The summed E-state index contributed by atoms with van der Waals surface area (Å²) in [7, 11) is 0. The highest BCUT2D eigenvalue weighted by Crippen LogP contribution is 2.51. The van der Waals surface area contributed by atoms with E-state index in [1.807, 2.05) is 0 Å². The van der Waals surface area contributed by atoms with Crippen molar-refractivity contribution in [2.24, 2.45) is 0 Å². The van der Waals surface area contributed by atoms with Crippen molar-refractivity contribution in [3.8, 4) is 11.4 Å². The summed E-state index contributed by atoms with van der Waals surface area (Å²) in [5, 5.41) is 5.13. The minimum Gasteiger partial charge on any atom is -0.309 e. The number of rotatable bonds is 2. The van der Waals surface area contributed by atoms with E-state index >= 15 is 0 Å². The van der Waals surface area contributed by atoms with Crippen molar-refractivity contribution in [3.63, 3.8) is 0 Å². The van der Waals surface area contributed by atoms with Crippen molar-refractivity contribution in [2.75, 3.05) is 4.90 Å². The Labute approximate surface area is 266 Å². The molecule has 2 aliphatic rings. The minimum atomic E-state index is 0.139. The quantitative estimate of drug-likeness (QED) is 0.186. The summed E-state index contributed by atoms with van der Waals surface area (Å²) < 4.78 is 5.01. The fourth-order valence-corrected chi connectivity index (χ4v) is 8.53. The molecule has 3 nitrogen and oxygen atoms in total. The lowest BCUT2D eigenvalue weighted by molar-refractivity contribution is 1.11. The minimum absolute atomic E-state index is 0.139. The molecular weight excluding hydrogens is 557 g/mol. The lowest BCUT2D eigenvalue weighted by atomic mass is 9.35. The van der Waals surface area contributed by atoms with E-state index in [2.05, 4.69) is 172 Å². The summed E-state index contributed by atoms with van der Waals surface area (Å²) in [6.07, 6.45) is 0. The second-order valence-corrected chi connectivity index (χ2v) is 12.5. The summed E-state index contributed by atoms with van der Waals surface area (Å²) in [5.74, 6) is 0. The molecule has 46 heavy (non-hydrogen) atoms. The van der Waals surface area contributed by atoms with E-state index in [0.29, 0.717) is 0 Å². The van der Waals surface area contributed by atoms with Gasteiger partial charge in [-0.1, -0.05) is 121 Å². The summed E-state index contributed by atoms with van der Waals surface area (Å²) in [6, 6.07) is 58.0. The van der Waals surface area contributed by atoms with Gasteiger partial charge in [-0.25, -0.2) is 0 Å². The molecule has 212 valence electrons. The van der Waals surface area contributed by atoms with Gasteiger partial charge in [0.1, 0.15) is 0 Å². The fourth-order valence-electron chi connectivity index (χ4n) is 8.53. The van der Waals surface area contributed by atoms with E-state index in [0.717, 1.165) is 0 Å². The summed E-state index contributed by atoms with van der Waals surface area (Å²) in [6.45, 7) is 0.139. The van der Waals surface area contributed by atoms with Crippen molar-refractivity contribution in [1.82, 2.24) is 9.13 Å². The van der Waals surface area contributed by atoms with Gasteiger partial charge in [0.15, 0.2) is 0 Å². The Morgan fingerprint density at radius 3 is 1.91 bits per heavy atom. The maximum absolute atomic E-state index is 2.54. The Hall–Kier alpha value is -6.00. The monoisotopic (exact) mass is 583 g/mol. The molecule has 7 aromatic carbocycles. The van der Waals surface area contributed by atoms with Crippen LogP contribution in [0.1, 0.15) is 0 Å². The molecule has 0 atom stereocenters. The van der Waals surface area contributed by atoms with E-state index in [9.17, 15) is 0 Å². The molecule has 0 unspecified atom stereocenters. The summed E-state index contributed by atoms with van der Waals surface area (Å²) in [4.78, 5) is 2.53. The van der Waals surface area contributed by atoms with Gasteiger partial charge in [-0.3, -0.25) is 0 Å². The molecular formula is C42H26BN3. The van der Waals surface area contributed by atoms with Gasteiger partial charge < -0.3 is 14.0 Å². The third-order valence-corrected chi connectivity index (χ3v) is 10.3. The number of fused-ring (bicyclic) bond motifs is 12. The Morgan fingerprint density at radius 1 is 0.391 bits per heavy atom. The number of nitrogens with zero attached hydrogens (tertiary/aromatic N) is 3. The Balaban J connectivity index is 1.37. The van der Waals surface area contributed by atoms with Crippen LogP contribution in [0.4, 0.5) is 17.1 Å². The second-order valence-electron chi connectivity index (χ2n) is 12.5. The molecule has 4 heteroatoms. The fraction of sp³-hybridized carbons (Fsp3) is 0. The average Bonchev–Trinajstić information content (AvgIpc) is 3.65. The maximum Gasteiger partial charge on any atom is 0.246 e. The van der Waals surface area contributed by atoms with E-state index < -0.39 is 0 Å². The predicted octanol–water partition coefficient (Wildman–Crippen LogP) is 8.49. The van der Waals surface area contributed by atoms with Gasteiger partial charge in [-0.15, -0.1) is 0 Å². The Bertz CT molecular complexity index is 2700. The van der Waals surface area contributed by atoms with Crippen LogP contribution < -0.4 is 21.3 Å². The van der Waals surface area contributed by atoms with Crippen LogP contribution in [-0.2, 0) is 0 Å². The number of aromatic nitrogens is 2. The predicted molar refractivity (Wildman–Crippen MR) is 194 cm³/mol. The molecule has 2 aliphatic heterocycles. The maximum atomic E-state index is 2.54. The van der Waals surface area contributed by atoms with Gasteiger partial charge in [-0.05, 0) is 53.4 Å². The lowest BCUT2D eigenvalue weighted by Gasteiger charge is -2.41. The normalized spacial score (nSPS) is 13.1. The molecule has 9 aromatic rings. The van der Waals surface area contributed by atoms with E-state index in [-0.39, 0.29) is 6.71 Å². The van der Waals surface area contributed by atoms with Crippen LogP contribution in [0.25, 0.3) is 55.0 Å². The first kappa shape index (κ1) is 24.3. The first-order valence-electron chi connectivity index (χ1n) is 16.0. The van der Waals surface area contributed by atoms with Crippen LogP contribution in [-0.4, -0.2) is 15.8 Å². The average molecular weight is 584 g/mol. The Morgan fingerprint density at radius 2 is 1.07 bits per heavy atom. The van der Waals surface area contributed by atoms with Gasteiger partial charge in [-0.2, -0.15) is 0 Å². The van der Waals surface area contributed by atoms with Gasteiger partial charge in [0.2, 0.25) is 6.71 Å². The molecule has 0 saturated carbocycles. The van der Waals surface area contributed by atoms with Gasteiger partial charge in [0.05, 0.1) is 39.1 Å². The second kappa shape index (κ2) is 8.80. The first-order chi connectivity index (χ1) is 22.9. The van der Waals surface area contributed by atoms with Gasteiger partial charge in [0, 0.05) is 32.9 Å². The van der Waals surface area contributed by atoms with Crippen LogP contribution in [0.5, 0.6) is 0 Å². The zero-order chi connectivity index (χ0) is 29.9. The van der Waals surface area contributed by atoms with Crippen molar-refractivity contribution < 1.29 is 0 Å². The molecule has 0 fully saturated rings. The molecule has 4 heterocycles. The summed E-state index contributed by atoms with van der Waals surface area (Å²) >= 11 is 0. The number of hydrogen-bond donors (Lipinski definition) is 0. The van der Waals surface area contributed by atoms with Gasteiger partial charge in [0.25, 0.3) is 0 Å². The number of anilines is 3. The van der Waals surface area contributed by atoms with Crippen molar-refractivity contribution >= 4 is 83.8 Å². The molecule has 0 radical (unpaired) electrons. The molecule has 0 N–H and O–H groups in total. The topological polar surface area (TPSA) is 13.1 Å². The zero-order valence-corrected chi connectivity index (χ0v) is 24.9. The molecule has 0 bridgehead atoms. The number of hydrogen-bond acceptors (Lipinski definition) is 1. The van der Waals surface area contributed by atoms with Crippen LogP contribution in [0, 0.1) is 0 Å². The Kier molecular flexibility index (Phi) is 4.66. The van der Waals surface area contributed by atoms with Crippen molar-refractivity contribution in [1.29, 1.82) is 0 Å². The smallest absolute Gasteiger partial charge is 0.246 e. The van der Waals surface area contributed by atoms with Crippen LogP contribution in [0.3, 0.4) is 0 Å². The number of benzene rings is 7. The van der Waals surface area contributed by atoms with Crippen LogP contribution >= 0.6 is 0 Å². The van der Waals surface area contributed by atoms with Crippen molar-refractivity contribution in [3.05, 3.63) is 158 Å². The van der Waals surface area contributed by atoms with E-state index in [1.54, 1.807) is 0 Å². The largest absolute Gasteiger partial charge is 0.309 e. The third kappa shape index (κ3) is 2.94. The first-order valence-corrected chi connectivity index (χ1v) is 16.0. The van der Waals surface area contributed by atoms with Crippen LogP contribution in [0.2, 0.25) is 0 Å². The molecule has 2 aromatic heterocycles. The van der Waals surface area contributed by atoms with Crippen molar-refractivity contribution in [2.45, 2.75) is 0 Å². The molecule has 0 amide bonds. The van der Waals surface area contributed by atoms with Gasteiger partial charge >= 0.3 is 0 Å². The van der Waals surface area contributed by atoms with E-state index in [4.69, 9.17) is 0 Å². The molecule has 11 rings (SSSR count). The lowest BCUT2D eigenvalue weighted by Crippen LogP contribution is -2.57. The molecule has 0 saturated heterocycles. The molecule has 0 aliphatic carbocycles. The highest BCUT2D eigenvalue weighted by Gasteiger charge is 2.40. The zero-order valence-electron chi connectivity index (χ0n) is 24.9.